The predicted molar refractivity (Wildman–Crippen MR) is 108 cm³/mol. The Kier molecular flexibility index (Phi) is 3.97. The summed E-state index contributed by atoms with van der Waals surface area (Å²) in [4.78, 5) is 27.2. The molecule has 2 unspecified atom stereocenters. The van der Waals surface area contributed by atoms with Crippen molar-refractivity contribution in [3.05, 3.63) is 69.2 Å². The Balaban J connectivity index is 1.39. The molecule has 138 valence electrons. The zero-order valence-corrected chi connectivity index (χ0v) is 16.4. The number of carbonyl (C=O) groups is 1. The Bertz CT molecular complexity index is 1100. The first kappa shape index (κ1) is 16.8. The molecule has 27 heavy (non-hydrogen) atoms. The number of aromatic nitrogens is 2. The molecule has 6 heteroatoms. The first-order valence-electron chi connectivity index (χ1n) is 9.31. The first-order chi connectivity index (χ1) is 13.1. The molecule has 2 bridgehead atoms. The van der Waals surface area contributed by atoms with E-state index in [9.17, 15) is 9.59 Å². The van der Waals surface area contributed by atoms with Crippen LogP contribution in [0, 0.1) is 5.92 Å². The molecule has 2 aliphatic heterocycles. The van der Waals surface area contributed by atoms with E-state index in [2.05, 4.69) is 15.9 Å². The van der Waals surface area contributed by atoms with E-state index in [0.717, 1.165) is 34.0 Å². The molecule has 1 aromatic carbocycles. The second-order valence-corrected chi connectivity index (χ2v) is 8.47. The van der Waals surface area contributed by atoms with E-state index in [1.54, 1.807) is 6.07 Å². The Morgan fingerprint density at radius 2 is 1.93 bits per heavy atom. The average Bonchev–Trinajstić information content (AvgIpc) is 3.07. The van der Waals surface area contributed by atoms with Crippen LogP contribution in [-0.2, 0) is 17.9 Å². The maximum absolute atomic E-state index is 13.0. The first-order valence-corrected chi connectivity index (χ1v) is 10.1. The summed E-state index contributed by atoms with van der Waals surface area (Å²) in [5, 5.41) is 1.12. The maximum atomic E-state index is 13.0. The molecular weight excluding hydrogens is 406 g/mol. The average molecular weight is 426 g/mol. The van der Waals surface area contributed by atoms with Gasteiger partial charge in [-0.25, -0.2) is 0 Å². The highest BCUT2D eigenvalue weighted by atomic mass is 79.9. The monoisotopic (exact) mass is 425 g/mol. The lowest BCUT2D eigenvalue weighted by molar-refractivity contribution is -0.134. The van der Waals surface area contributed by atoms with Crippen LogP contribution in [0.2, 0.25) is 0 Å². The number of rotatable bonds is 2. The molecular formula is C21H20BrN3O2. The molecule has 2 atom stereocenters. The SMILES string of the molecule is O=C(Cn1ccc2c(Br)cccc21)N1CC2CC(C1)c1cccc(=O)n1C2. The van der Waals surface area contributed by atoms with Crippen molar-refractivity contribution in [1.29, 1.82) is 0 Å². The standard InChI is InChI=1S/C21H20BrN3O2/c22-17-3-1-5-19-16(17)7-8-23(19)13-21(27)24-10-14-9-15(12-24)18-4-2-6-20(26)25(18)11-14/h1-8,14-15H,9-13H2. The summed E-state index contributed by atoms with van der Waals surface area (Å²) in [7, 11) is 0. The fourth-order valence-electron chi connectivity index (χ4n) is 4.67. The highest BCUT2D eigenvalue weighted by molar-refractivity contribution is 9.10. The number of fused-ring (bicyclic) bond motifs is 5. The molecule has 1 saturated heterocycles. The Labute approximate surface area is 165 Å². The third-order valence-electron chi connectivity index (χ3n) is 5.90. The van der Waals surface area contributed by atoms with Crippen molar-refractivity contribution in [1.82, 2.24) is 14.0 Å². The summed E-state index contributed by atoms with van der Waals surface area (Å²) in [6.45, 7) is 2.50. The summed E-state index contributed by atoms with van der Waals surface area (Å²) in [5.41, 5.74) is 2.21. The number of amides is 1. The van der Waals surface area contributed by atoms with Gasteiger partial charge in [-0.2, -0.15) is 0 Å². The number of pyridine rings is 1. The van der Waals surface area contributed by atoms with E-state index in [1.807, 2.05) is 56.6 Å². The second-order valence-electron chi connectivity index (χ2n) is 7.61. The van der Waals surface area contributed by atoms with Gasteiger partial charge in [0.2, 0.25) is 5.91 Å². The molecule has 0 N–H and O–H groups in total. The van der Waals surface area contributed by atoms with E-state index < -0.39 is 0 Å². The van der Waals surface area contributed by atoms with Gasteiger partial charge in [0, 0.05) is 58.9 Å². The van der Waals surface area contributed by atoms with Crippen molar-refractivity contribution in [3.8, 4) is 0 Å². The van der Waals surface area contributed by atoms with Gasteiger partial charge in [0.1, 0.15) is 6.54 Å². The number of halogens is 1. The van der Waals surface area contributed by atoms with Crippen molar-refractivity contribution in [3.63, 3.8) is 0 Å². The second kappa shape index (κ2) is 6.37. The van der Waals surface area contributed by atoms with E-state index in [1.165, 1.54) is 0 Å². The van der Waals surface area contributed by atoms with Crippen LogP contribution >= 0.6 is 15.9 Å². The number of hydrogen-bond acceptors (Lipinski definition) is 2. The summed E-state index contributed by atoms with van der Waals surface area (Å²) in [6, 6.07) is 13.6. The molecule has 1 fully saturated rings. The van der Waals surface area contributed by atoms with Crippen LogP contribution in [0.3, 0.4) is 0 Å². The Hall–Kier alpha value is -2.34. The van der Waals surface area contributed by atoms with Gasteiger partial charge in [-0.1, -0.05) is 28.1 Å². The summed E-state index contributed by atoms with van der Waals surface area (Å²) < 4.78 is 4.96. The normalized spacial score (nSPS) is 21.3. The van der Waals surface area contributed by atoms with Gasteiger partial charge in [0.05, 0.1) is 0 Å². The lowest BCUT2D eigenvalue weighted by atomic mass is 9.83. The van der Waals surface area contributed by atoms with E-state index in [0.29, 0.717) is 25.6 Å². The van der Waals surface area contributed by atoms with Gasteiger partial charge in [-0.05, 0) is 36.6 Å². The molecule has 5 nitrogen and oxygen atoms in total. The zero-order valence-electron chi connectivity index (χ0n) is 14.8. The molecule has 5 rings (SSSR count). The number of piperidine rings is 1. The Morgan fingerprint density at radius 3 is 2.81 bits per heavy atom. The quantitative estimate of drug-likeness (QED) is 0.632. The van der Waals surface area contributed by atoms with Gasteiger partial charge in [-0.3, -0.25) is 9.59 Å². The number of nitrogens with zero attached hydrogens (tertiary/aromatic N) is 3. The summed E-state index contributed by atoms with van der Waals surface area (Å²) in [6.07, 6.45) is 3.04. The van der Waals surface area contributed by atoms with Crippen molar-refractivity contribution in [2.45, 2.75) is 25.4 Å². The molecule has 0 saturated carbocycles. The third kappa shape index (κ3) is 2.83. The molecule has 2 aliphatic rings. The van der Waals surface area contributed by atoms with E-state index >= 15 is 0 Å². The van der Waals surface area contributed by atoms with Crippen LogP contribution in [0.15, 0.2) is 57.9 Å². The smallest absolute Gasteiger partial charge is 0.250 e. The maximum Gasteiger partial charge on any atom is 0.250 e. The van der Waals surface area contributed by atoms with Crippen LogP contribution in [0.5, 0.6) is 0 Å². The van der Waals surface area contributed by atoms with Gasteiger partial charge in [0.15, 0.2) is 0 Å². The molecule has 0 spiro atoms. The Morgan fingerprint density at radius 1 is 1.07 bits per heavy atom. The van der Waals surface area contributed by atoms with Crippen LogP contribution in [-0.4, -0.2) is 33.0 Å². The van der Waals surface area contributed by atoms with Gasteiger partial charge in [0.25, 0.3) is 5.56 Å². The fraction of sp³-hybridized carbons (Fsp3) is 0.333. The van der Waals surface area contributed by atoms with Crippen LogP contribution in [0.1, 0.15) is 18.0 Å². The minimum atomic E-state index is 0.0753. The minimum absolute atomic E-state index is 0.0753. The van der Waals surface area contributed by atoms with E-state index in [-0.39, 0.29) is 17.4 Å². The number of likely N-dealkylation sites (tertiary alicyclic amines) is 1. The zero-order chi connectivity index (χ0) is 18.5. The topological polar surface area (TPSA) is 47.2 Å². The highest BCUT2D eigenvalue weighted by Crippen LogP contribution is 2.35. The summed E-state index contributed by atoms with van der Waals surface area (Å²) >= 11 is 3.57. The number of carbonyl (C=O) groups excluding carboxylic acids is 1. The van der Waals surface area contributed by atoms with Crippen LogP contribution in [0.25, 0.3) is 10.9 Å². The minimum Gasteiger partial charge on any atom is -0.340 e. The van der Waals surface area contributed by atoms with Gasteiger partial charge in [-0.15, -0.1) is 0 Å². The van der Waals surface area contributed by atoms with Gasteiger partial charge < -0.3 is 14.0 Å². The van der Waals surface area contributed by atoms with Gasteiger partial charge >= 0.3 is 0 Å². The van der Waals surface area contributed by atoms with Crippen molar-refractivity contribution in [2.75, 3.05) is 13.1 Å². The number of benzene rings is 1. The fourth-order valence-corrected chi connectivity index (χ4v) is 5.16. The van der Waals surface area contributed by atoms with Crippen LogP contribution in [0.4, 0.5) is 0 Å². The highest BCUT2D eigenvalue weighted by Gasteiger charge is 2.36. The molecule has 2 aromatic heterocycles. The molecule has 0 aliphatic carbocycles. The number of hydrogen-bond donors (Lipinski definition) is 0. The predicted octanol–water partition coefficient (Wildman–Crippen LogP) is 3.21. The summed E-state index contributed by atoms with van der Waals surface area (Å²) in [5.74, 6) is 0.760. The van der Waals surface area contributed by atoms with Crippen molar-refractivity contribution < 1.29 is 4.79 Å². The van der Waals surface area contributed by atoms with Crippen LogP contribution < -0.4 is 5.56 Å². The van der Waals surface area contributed by atoms with Crippen molar-refractivity contribution in [2.24, 2.45) is 5.92 Å². The van der Waals surface area contributed by atoms with E-state index in [4.69, 9.17) is 0 Å². The molecule has 3 aromatic rings. The third-order valence-corrected chi connectivity index (χ3v) is 6.59. The lowest BCUT2D eigenvalue weighted by Crippen LogP contribution is -2.49. The largest absolute Gasteiger partial charge is 0.340 e. The lowest BCUT2D eigenvalue weighted by Gasteiger charge is -2.42. The molecule has 4 heterocycles. The van der Waals surface area contributed by atoms with Crippen molar-refractivity contribution >= 4 is 32.7 Å². The molecule has 1 amide bonds. The molecule has 0 radical (unpaired) electrons.